The molecule has 0 bridgehead atoms. The van der Waals surface area contributed by atoms with Crippen molar-refractivity contribution in [2.75, 3.05) is 26.4 Å². The molecule has 0 saturated heterocycles. The van der Waals surface area contributed by atoms with Gasteiger partial charge in [0, 0.05) is 19.4 Å². The Hall–Kier alpha value is -0.990. The highest BCUT2D eigenvalue weighted by molar-refractivity contribution is 7.47. The summed E-state index contributed by atoms with van der Waals surface area (Å²) in [6.45, 7) is 5.04. The normalized spacial score (nSPS) is 14.1. The second-order valence-electron chi connectivity index (χ2n) is 7.01. The van der Waals surface area contributed by atoms with Crippen molar-refractivity contribution >= 4 is 19.8 Å². The van der Waals surface area contributed by atoms with Crippen LogP contribution < -0.4 is 5.73 Å². The van der Waals surface area contributed by atoms with Gasteiger partial charge in [0.2, 0.25) is 0 Å². The Kier molecular flexibility index (Phi) is 18.1. The lowest BCUT2D eigenvalue weighted by molar-refractivity contribution is -0.161. The molecule has 0 aliphatic rings. The summed E-state index contributed by atoms with van der Waals surface area (Å²) in [6, 6.07) is 0. The van der Waals surface area contributed by atoms with Crippen molar-refractivity contribution in [2.45, 2.75) is 83.7 Å². The zero-order valence-electron chi connectivity index (χ0n) is 18.2. The van der Waals surface area contributed by atoms with Gasteiger partial charge in [0.1, 0.15) is 6.61 Å². The monoisotopic (exact) mass is 452 g/mol. The van der Waals surface area contributed by atoms with Gasteiger partial charge >= 0.3 is 19.8 Å². The third-order valence-electron chi connectivity index (χ3n) is 4.14. The molecule has 0 saturated carbocycles. The Morgan fingerprint density at radius 1 is 0.967 bits per heavy atom. The molecule has 0 aromatic rings. The first-order valence-corrected chi connectivity index (χ1v) is 12.3. The number of phosphoric ester groups is 1. The summed E-state index contributed by atoms with van der Waals surface area (Å²) in [4.78, 5) is 33.5. The van der Waals surface area contributed by atoms with Gasteiger partial charge in [-0.1, -0.05) is 45.4 Å². The molecular formula is C20H39NO8P-. The van der Waals surface area contributed by atoms with E-state index in [1.54, 1.807) is 0 Å². The predicted molar refractivity (Wildman–Crippen MR) is 113 cm³/mol. The zero-order chi connectivity index (χ0) is 22.7. The lowest BCUT2D eigenvalue weighted by atomic mass is 10.1. The largest absolute Gasteiger partial charge is 0.472 e. The minimum atomic E-state index is -4.33. The van der Waals surface area contributed by atoms with Crippen LogP contribution in [-0.4, -0.2) is 49.3 Å². The van der Waals surface area contributed by atoms with Gasteiger partial charge in [-0.3, -0.25) is 18.6 Å². The van der Waals surface area contributed by atoms with Gasteiger partial charge in [-0.15, -0.1) is 0 Å². The lowest BCUT2D eigenvalue weighted by Gasteiger charge is -2.19. The summed E-state index contributed by atoms with van der Waals surface area (Å²) in [5.74, 6) is -0.908. The van der Waals surface area contributed by atoms with Crippen molar-refractivity contribution < 1.29 is 37.6 Å². The Labute approximate surface area is 180 Å². The minimum absolute atomic E-state index is 0.0511. The van der Waals surface area contributed by atoms with Crippen LogP contribution in [-0.2, 0) is 32.7 Å². The lowest BCUT2D eigenvalue weighted by Crippen LogP contribution is -2.29. The van der Waals surface area contributed by atoms with E-state index in [9.17, 15) is 19.0 Å². The van der Waals surface area contributed by atoms with E-state index in [2.05, 4.69) is 18.4 Å². The summed E-state index contributed by atoms with van der Waals surface area (Å²) < 4.78 is 31.7. The molecule has 0 amide bonds. The van der Waals surface area contributed by atoms with E-state index in [1.807, 2.05) is 0 Å². The third kappa shape index (κ3) is 17.8. The predicted octanol–water partition coefficient (Wildman–Crippen LogP) is 3.68. The Bertz CT molecular complexity index is 503. The van der Waals surface area contributed by atoms with Gasteiger partial charge in [-0.05, 0) is 12.8 Å². The number of rotatable bonds is 20. The summed E-state index contributed by atoms with van der Waals surface area (Å²) in [7, 11) is -4.33. The maximum Gasteiger partial charge on any atom is 0.472 e. The minimum Gasteiger partial charge on any atom is -0.462 e. The van der Waals surface area contributed by atoms with Crippen molar-refractivity contribution in [3.63, 3.8) is 0 Å². The maximum atomic E-state index is 12.1. The fourth-order valence-corrected chi connectivity index (χ4v) is 3.26. The van der Waals surface area contributed by atoms with E-state index < -0.39 is 32.5 Å². The average Bonchev–Trinajstić information content (AvgIpc) is 2.71. The van der Waals surface area contributed by atoms with Crippen LogP contribution >= 0.6 is 7.82 Å². The van der Waals surface area contributed by atoms with Crippen LogP contribution in [0.25, 0.3) is 0 Å². The molecule has 0 radical (unpaired) electrons. The number of hydrogen-bond acceptors (Lipinski definition) is 8. The van der Waals surface area contributed by atoms with Crippen LogP contribution in [0.3, 0.4) is 0 Å². The SMILES string of the molecule is [CH2-]CCCCC(=O)OC[C@H](COP(=O)(O)OCCN)OC(=O)CCCCCCCC. The highest BCUT2D eigenvalue weighted by atomic mass is 31.2. The first kappa shape index (κ1) is 29.0. The number of ether oxygens (including phenoxy) is 2. The first-order chi connectivity index (χ1) is 14.3. The summed E-state index contributed by atoms with van der Waals surface area (Å²) in [6.07, 6.45) is 7.79. The van der Waals surface area contributed by atoms with Gasteiger partial charge < -0.3 is 27.0 Å². The molecule has 0 aromatic carbocycles. The molecule has 9 nitrogen and oxygen atoms in total. The number of carbonyl (C=O) groups excluding carboxylic acids is 2. The van der Waals surface area contributed by atoms with Crippen LogP contribution in [0.15, 0.2) is 0 Å². The molecule has 3 N–H and O–H groups in total. The van der Waals surface area contributed by atoms with Crippen molar-refractivity contribution in [1.29, 1.82) is 0 Å². The summed E-state index contributed by atoms with van der Waals surface area (Å²) in [5.41, 5.74) is 5.23. The van der Waals surface area contributed by atoms with E-state index in [0.717, 1.165) is 38.5 Å². The topological polar surface area (TPSA) is 134 Å². The van der Waals surface area contributed by atoms with Crippen LogP contribution in [0.2, 0.25) is 0 Å². The van der Waals surface area contributed by atoms with Crippen molar-refractivity contribution in [1.82, 2.24) is 0 Å². The average molecular weight is 453 g/mol. The summed E-state index contributed by atoms with van der Waals surface area (Å²) >= 11 is 0. The fourth-order valence-electron chi connectivity index (χ4n) is 2.50. The number of hydrogen-bond donors (Lipinski definition) is 2. The van der Waals surface area contributed by atoms with Crippen LogP contribution in [0.4, 0.5) is 0 Å². The van der Waals surface area contributed by atoms with Crippen LogP contribution in [0.5, 0.6) is 0 Å². The molecule has 10 heteroatoms. The van der Waals surface area contributed by atoms with Crippen molar-refractivity contribution in [2.24, 2.45) is 5.73 Å². The van der Waals surface area contributed by atoms with Crippen LogP contribution in [0.1, 0.15) is 77.6 Å². The second kappa shape index (κ2) is 18.8. The highest BCUT2D eigenvalue weighted by Gasteiger charge is 2.25. The molecule has 0 rings (SSSR count). The Morgan fingerprint density at radius 3 is 2.27 bits per heavy atom. The smallest absolute Gasteiger partial charge is 0.462 e. The number of esters is 2. The standard InChI is InChI=1S/C20H39NO8P/c1-3-5-7-8-9-11-13-20(23)29-18(16-26-19(22)12-10-6-4-2)17-28-30(24,25)27-15-14-21/h18H,2-17,21H2,1H3,(H,24,25)/q-1/t18-/m1/s1. The van der Waals surface area contributed by atoms with Crippen molar-refractivity contribution in [3.8, 4) is 0 Å². The molecule has 0 fully saturated rings. The van der Waals surface area contributed by atoms with E-state index in [0.29, 0.717) is 12.8 Å². The van der Waals surface area contributed by atoms with Gasteiger partial charge in [-0.25, -0.2) is 4.57 Å². The quantitative estimate of drug-likeness (QED) is 0.123. The van der Waals surface area contributed by atoms with E-state index in [1.165, 1.54) is 6.42 Å². The van der Waals surface area contributed by atoms with Crippen LogP contribution in [0, 0.1) is 6.92 Å². The zero-order valence-corrected chi connectivity index (χ0v) is 19.1. The first-order valence-electron chi connectivity index (χ1n) is 10.8. The van der Waals surface area contributed by atoms with Gasteiger partial charge in [0.25, 0.3) is 0 Å². The van der Waals surface area contributed by atoms with Gasteiger partial charge in [0.05, 0.1) is 13.2 Å². The maximum absolute atomic E-state index is 12.1. The molecule has 0 heterocycles. The Balaban J connectivity index is 4.48. The summed E-state index contributed by atoms with van der Waals surface area (Å²) in [5, 5.41) is 0. The number of nitrogens with two attached hydrogens (primary N) is 1. The molecular weight excluding hydrogens is 413 g/mol. The number of phosphoric acid groups is 1. The molecule has 0 aliphatic heterocycles. The molecule has 0 aromatic heterocycles. The fraction of sp³-hybridized carbons (Fsp3) is 0.850. The van der Waals surface area contributed by atoms with E-state index in [4.69, 9.17) is 19.7 Å². The molecule has 178 valence electrons. The van der Waals surface area contributed by atoms with Gasteiger partial charge in [0.15, 0.2) is 6.10 Å². The second-order valence-corrected chi connectivity index (χ2v) is 8.46. The van der Waals surface area contributed by atoms with E-state index >= 15 is 0 Å². The Morgan fingerprint density at radius 2 is 1.60 bits per heavy atom. The molecule has 30 heavy (non-hydrogen) atoms. The third-order valence-corrected chi connectivity index (χ3v) is 5.12. The van der Waals surface area contributed by atoms with Crippen molar-refractivity contribution in [3.05, 3.63) is 6.92 Å². The number of carbonyl (C=O) groups is 2. The van der Waals surface area contributed by atoms with E-state index in [-0.39, 0.29) is 32.6 Å². The molecule has 2 atom stereocenters. The molecule has 1 unspecified atom stereocenters. The number of unbranched alkanes of at least 4 members (excludes halogenated alkanes) is 7. The highest BCUT2D eigenvalue weighted by Crippen LogP contribution is 2.43. The van der Waals surface area contributed by atoms with Gasteiger partial charge in [-0.2, -0.15) is 6.42 Å². The molecule has 0 spiro atoms. The molecule has 0 aliphatic carbocycles.